The molecular formula is C16H19FN2. The number of anilines is 1. The van der Waals surface area contributed by atoms with Crippen LogP contribution in [0.25, 0.3) is 10.9 Å². The molecule has 3 rings (SSSR count). The van der Waals surface area contributed by atoms with E-state index in [2.05, 4.69) is 11.4 Å². The quantitative estimate of drug-likeness (QED) is 0.864. The van der Waals surface area contributed by atoms with Gasteiger partial charge in [0.25, 0.3) is 0 Å². The Balaban J connectivity index is 2.21. The van der Waals surface area contributed by atoms with E-state index < -0.39 is 0 Å². The topological polar surface area (TPSA) is 24.9 Å². The fourth-order valence-electron chi connectivity index (χ4n) is 3.18. The standard InChI is InChI=1S/C16H19FN2/c1-10-7-12(17)8-15-16(10)14(18-2)9-13(19-15)11-5-3-4-6-11/h7-9,11H,3-6H2,1-2H3,(H,18,19). The lowest BCUT2D eigenvalue weighted by atomic mass is 9.99. The largest absolute Gasteiger partial charge is 0.388 e. The third-order valence-electron chi connectivity index (χ3n) is 4.13. The number of fused-ring (bicyclic) bond motifs is 1. The summed E-state index contributed by atoms with van der Waals surface area (Å²) in [7, 11) is 1.91. The van der Waals surface area contributed by atoms with Crippen LogP contribution in [-0.2, 0) is 0 Å². The van der Waals surface area contributed by atoms with E-state index >= 15 is 0 Å². The highest BCUT2D eigenvalue weighted by Gasteiger charge is 2.20. The van der Waals surface area contributed by atoms with Gasteiger partial charge in [0.05, 0.1) is 5.52 Å². The predicted molar refractivity (Wildman–Crippen MR) is 77.2 cm³/mol. The number of pyridine rings is 1. The smallest absolute Gasteiger partial charge is 0.125 e. The Morgan fingerprint density at radius 1 is 1.21 bits per heavy atom. The summed E-state index contributed by atoms with van der Waals surface area (Å²) in [6, 6.07) is 5.25. The van der Waals surface area contributed by atoms with Gasteiger partial charge >= 0.3 is 0 Å². The van der Waals surface area contributed by atoms with Crippen LogP contribution in [0.1, 0.15) is 42.9 Å². The predicted octanol–water partition coefficient (Wildman–Crippen LogP) is 4.38. The van der Waals surface area contributed by atoms with Gasteiger partial charge in [0.1, 0.15) is 5.82 Å². The molecule has 1 aromatic carbocycles. The number of benzene rings is 1. The van der Waals surface area contributed by atoms with Gasteiger partial charge in [0, 0.05) is 35.8 Å². The summed E-state index contributed by atoms with van der Waals surface area (Å²) in [5.41, 5.74) is 3.87. The molecule has 3 heteroatoms. The molecule has 2 aromatic rings. The molecule has 1 heterocycles. The minimum Gasteiger partial charge on any atom is -0.388 e. The van der Waals surface area contributed by atoms with Gasteiger partial charge in [-0.15, -0.1) is 0 Å². The molecule has 0 radical (unpaired) electrons. The van der Waals surface area contributed by atoms with Crippen LogP contribution in [0.4, 0.5) is 10.1 Å². The van der Waals surface area contributed by atoms with Crippen LogP contribution in [0.15, 0.2) is 18.2 Å². The minimum atomic E-state index is -0.205. The van der Waals surface area contributed by atoms with Crippen molar-refractivity contribution in [3.05, 3.63) is 35.3 Å². The first-order chi connectivity index (χ1) is 9.19. The van der Waals surface area contributed by atoms with Crippen molar-refractivity contribution in [2.45, 2.75) is 38.5 Å². The summed E-state index contributed by atoms with van der Waals surface area (Å²) in [6.45, 7) is 1.93. The van der Waals surface area contributed by atoms with Gasteiger partial charge in [-0.2, -0.15) is 0 Å². The van der Waals surface area contributed by atoms with E-state index in [1.807, 2.05) is 14.0 Å². The first-order valence-corrected chi connectivity index (χ1v) is 6.97. The Kier molecular flexibility index (Phi) is 3.13. The van der Waals surface area contributed by atoms with Crippen molar-refractivity contribution < 1.29 is 4.39 Å². The van der Waals surface area contributed by atoms with Gasteiger partial charge in [-0.05, 0) is 37.5 Å². The number of nitrogens with zero attached hydrogens (tertiary/aromatic N) is 1. The summed E-state index contributed by atoms with van der Waals surface area (Å²) in [5, 5.41) is 4.26. The second-order valence-corrected chi connectivity index (χ2v) is 5.44. The van der Waals surface area contributed by atoms with E-state index in [0.29, 0.717) is 5.92 Å². The van der Waals surface area contributed by atoms with Gasteiger partial charge in [-0.25, -0.2) is 4.39 Å². The van der Waals surface area contributed by atoms with Gasteiger partial charge < -0.3 is 5.32 Å². The number of hydrogen-bond acceptors (Lipinski definition) is 2. The van der Waals surface area contributed by atoms with Crippen LogP contribution in [0, 0.1) is 12.7 Å². The van der Waals surface area contributed by atoms with Crippen LogP contribution in [-0.4, -0.2) is 12.0 Å². The maximum atomic E-state index is 13.6. The summed E-state index contributed by atoms with van der Waals surface area (Å²) < 4.78 is 13.6. The number of hydrogen-bond donors (Lipinski definition) is 1. The fraction of sp³-hybridized carbons (Fsp3) is 0.438. The minimum absolute atomic E-state index is 0.205. The van der Waals surface area contributed by atoms with Crippen molar-refractivity contribution in [3.63, 3.8) is 0 Å². The Morgan fingerprint density at radius 3 is 2.63 bits per heavy atom. The lowest BCUT2D eigenvalue weighted by Gasteiger charge is -2.15. The molecule has 0 aliphatic heterocycles. The first-order valence-electron chi connectivity index (χ1n) is 6.97. The molecule has 0 unspecified atom stereocenters. The fourth-order valence-corrected chi connectivity index (χ4v) is 3.18. The molecular weight excluding hydrogens is 239 g/mol. The lowest BCUT2D eigenvalue weighted by Crippen LogP contribution is -2.01. The maximum Gasteiger partial charge on any atom is 0.125 e. The van der Waals surface area contributed by atoms with Crippen molar-refractivity contribution in [2.24, 2.45) is 0 Å². The third kappa shape index (κ3) is 2.18. The Bertz CT molecular complexity index is 616. The molecule has 0 amide bonds. The molecule has 1 fully saturated rings. The van der Waals surface area contributed by atoms with Crippen LogP contribution >= 0.6 is 0 Å². The highest BCUT2D eigenvalue weighted by Crippen LogP contribution is 2.36. The zero-order valence-electron chi connectivity index (χ0n) is 11.5. The Morgan fingerprint density at radius 2 is 1.95 bits per heavy atom. The maximum absolute atomic E-state index is 13.6. The molecule has 0 bridgehead atoms. The third-order valence-corrected chi connectivity index (χ3v) is 4.13. The molecule has 0 atom stereocenters. The number of nitrogens with one attached hydrogen (secondary N) is 1. The molecule has 0 spiro atoms. The average molecular weight is 258 g/mol. The summed E-state index contributed by atoms with van der Waals surface area (Å²) in [4.78, 5) is 4.71. The van der Waals surface area contributed by atoms with Crippen molar-refractivity contribution in [1.29, 1.82) is 0 Å². The van der Waals surface area contributed by atoms with E-state index in [-0.39, 0.29) is 5.82 Å². The highest BCUT2D eigenvalue weighted by atomic mass is 19.1. The molecule has 1 N–H and O–H groups in total. The molecule has 1 aliphatic carbocycles. The lowest BCUT2D eigenvalue weighted by molar-refractivity contribution is 0.628. The molecule has 1 saturated carbocycles. The second-order valence-electron chi connectivity index (χ2n) is 5.44. The van der Waals surface area contributed by atoms with E-state index in [4.69, 9.17) is 4.98 Å². The molecule has 1 aliphatic rings. The van der Waals surface area contributed by atoms with E-state index in [0.717, 1.165) is 27.8 Å². The average Bonchev–Trinajstić information content (AvgIpc) is 2.90. The molecule has 1 aromatic heterocycles. The van der Waals surface area contributed by atoms with Gasteiger partial charge in [0.2, 0.25) is 0 Å². The van der Waals surface area contributed by atoms with Crippen LogP contribution in [0.3, 0.4) is 0 Å². The van der Waals surface area contributed by atoms with E-state index in [9.17, 15) is 4.39 Å². The van der Waals surface area contributed by atoms with Crippen LogP contribution in [0.2, 0.25) is 0 Å². The van der Waals surface area contributed by atoms with Crippen molar-refractivity contribution in [3.8, 4) is 0 Å². The Labute approximate surface area is 113 Å². The van der Waals surface area contributed by atoms with Gasteiger partial charge in [0.15, 0.2) is 0 Å². The van der Waals surface area contributed by atoms with Crippen molar-refractivity contribution >= 4 is 16.6 Å². The van der Waals surface area contributed by atoms with Gasteiger partial charge in [-0.1, -0.05) is 12.8 Å². The van der Waals surface area contributed by atoms with Crippen molar-refractivity contribution in [1.82, 2.24) is 4.98 Å². The van der Waals surface area contributed by atoms with E-state index in [1.165, 1.54) is 25.7 Å². The Hall–Kier alpha value is -1.64. The number of aromatic nitrogens is 1. The number of rotatable bonds is 2. The normalized spacial score (nSPS) is 16.2. The molecule has 0 saturated heterocycles. The number of aryl methyl sites for hydroxylation is 1. The number of halogens is 1. The summed E-state index contributed by atoms with van der Waals surface area (Å²) >= 11 is 0. The van der Waals surface area contributed by atoms with Crippen molar-refractivity contribution in [2.75, 3.05) is 12.4 Å². The summed E-state index contributed by atoms with van der Waals surface area (Å²) in [6.07, 6.45) is 4.97. The highest BCUT2D eigenvalue weighted by molar-refractivity contribution is 5.94. The SMILES string of the molecule is CNc1cc(C2CCCC2)nc2cc(F)cc(C)c12. The summed E-state index contributed by atoms with van der Waals surface area (Å²) in [5.74, 6) is 0.336. The van der Waals surface area contributed by atoms with Gasteiger partial charge in [-0.3, -0.25) is 4.98 Å². The molecule has 100 valence electrons. The second kappa shape index (κ2) is 4.80. The zero-order chi connectivity index (χ0) is 13.4. The first kappa shape index (κ1) is 12.4. The molecule has 19 heavy (non-hydrogen) atoms. The van der Waals surface area contributed by atoms with E-state index in [1.54, 1.807) is 12.1 Å². The monoisotopic (exact) mass is 258 g/mol. The van der Waals surface area contributed by atoms with Crippen LogP contribution in [0.5, 0.6) is 0 Å². The zero-order valence-corrected chi connectivity index (χ0v) is 11.5. The molecule has 2 nitrogen and oxygen atoms in total. The van der Waals surface area contributed by atoms with Crippen LogP contribution < -0.4 is 5.32 Å².